The molecule has 1 heterocycles. The predicted molar refractivity (Wildman–Crippen MR) is 72.5 cm³/mol. The number of halogens is 1. The maximum atomic E-state index is 12.0. The molecular weight excluding hydrogens is 270 g/mol. The maximum Gasteiger partial charge on any atom is 0.322 e. The lowest BCUT2D eigenvalue weighted by Crippen LogP contribution is -2.59. The lowest BCUT2D eigenvalue weighted by molar-refractivity contribution is -0.384. The number of rotatable bonds is 2. The molecule has 1 fully saturated rings. The molecule has 0 unspecified atom stereocenters. The van der Waals surface area contributed by atoms with Gasteiger partial charge in [0.25, 0.3) is 5.69 Å². The molecule has 1 aromatic rings. The first kappa shape index (κ1) is 13.6. The van der Waals surface area contributed by atoms with Gasteiger partial charge in [0.2, 0.25) is 0 Å². The van der Waals surface area contributed by atoms with Crippen molar-refractivity contribution in [1.82, 2.24) is 4.90 Å². The summed E-state index contributed by atoms with van der Waals surface area (Å²) in [7, 11) is 0. The summed E-state index contributed by atoms with van der Waals surface area (Å²) in [5.74, 6) is 0. The Morgan fingerprint density at radius 2 is 2.21 bits per heavy atom. The molecule has 0 aromatic heterocycles. The van der Waals surface area contributed by atoms with Crippen molar-refractivity contribution >= 4 is 29.0 Å². The number of urea groups is 1. The SMILES string of the molecule is CC1(C)CCN1C(=O)Nc1ccc([N+](=O)[O-])cc1Cl. The van der Waals surface area contributed by atoms with E-state index in [1.807, 2.05) is 13.8 Å². The Morgan fingerprint density at radius 3 is 2.63 bits per heavy atom. The van der Waals surface area contributed by atoms with Gasteiger partial charge in [-0.05, 0) is 26.3 Å². The summed E-state index contributed by atoms with van der Waals surface area (Å²) in [6.45, 7) is 4.66. The number of non-ortho nitro benzene ring substituents is 1. The van der Waals surface area contributed by atoms with Gasteiger partial charge >= 0.3 is 6.03 Å². The molecule has 1 aliphatic rings. The Kier molecular flexibility index (Phi) is 3.36. The average molecular weight is 284 g/mol. The van der Waals surface area contributed by atoms with E-state index in [4.69, 9.17) is 11.6 Å². The third kappa shape index (κ3) is 2.63. The van der Waals surface area contributed by atoms with Gasteiger partial charge in [-0.15, -0.1) is 0 Å². The van der Waals surface area contributed by atoms with Crippen molar-refractivity contribution in [2.75, 3.05) is 11.9 Å². The molecule has 0 radical (unpaired) electrons. The van der Waals surface area contributed by atoms with Crippen LogP contribution >= 0.6 is 11.6 Å². The van der Waals surface area contributed by atoms with E-state index in [1.54, 1.807) is 4.90 Å². The third-order valence-electron chi connectivity index (χ3n) is 3.33. The smallest absolute Gasteiger partial charge is 0.319 e. The predicted octanol–water partition coefficient (Wildman–Crippen LogP) is 3.26. The van der Waals surface area contributed by atoms with E-state index < -0.39 is 4.92 Å². The number of anilines is 1. The van der Waals surface area contributed by atoms with Crippen LogP contribution in [0.3, 0.4) is 0 Å². The fraction of sp³-hybridized carbons (Fsp3) is 0.417. The number of nitrogens with zero attached hydrogens (tertiary/aromatic N) is 2. The second-order valence-electron chi connectivity index (χ2n) is 5.07. The number of amides is 2. The van der Waals surface area contributed by atoms with Crippen molar-refractivity contribution < 1.29 is 9.72 Å². The highest BCUT2D eigenvalue weighted by atomic mass is 35.5. The Labute approximate surface area is 115 Å². The van der Waals surface area contributed by atoms with Crippen molar-refractivity contribution in [3.8, 4) is 0 Å². The van der Waals surface area contributed by atoms with Crippen LogP contribution in [0.15, 0.2) is 18.2 Å². The normalized spacial score (nSPS) is 16.7. The van der Waals surface area contributed by atoms with Crippen LogP contribution in [-0.2, 0) is 0 Å². The summed E-state index contributed by atoms with van der Waals surface area (Å²) in [4.78, 5) is 23.8. The van der Waals surface area contributed by atoms with Crippen molar-refractivity contribution in [2.45, 2.75) is 25.8 Å². The number of benzene rings is 1. The first-order valence-electron chi connectivity index (χ1n) is 5.84. The van der Waals surface area contributed by atoms with Gasteiger partial charge in [-0.2, -0.15) is 0 Å². The summed E-state index contributed by atoms with van der Waals surface area (Å²) >= 11 is 5.92. The minimum Gasteiger partial charge on any atom is -0.319 e. The molecule has 0 saturated carbocycles. The molecule has 1 aromatic carbocycles. The summed E-state index contributed by atoms with van der Waals surface area (Å²) in [6.07, 6.45) is 0.953. The zero-order valence-corrected chi connectivity index (χ0v) is 11.4. The summed E-state index contributed by atoms with van der Waals surface area (Å²) in [5, 5.41) is 13.4. The number of carbonyl (C=O) groups excluding carboxylic acids is 1. The topological polar surface area (TPSA) is 75.5 Å². The monoisotopic (exact) mass is 283 g/mol. The Morgan fingerprint density at radius 1 is 1.53 bits per heavy atom. The third-order valence-corrected chi connectivity index (χ3v) is 3.64. The van der Waals surface area contributed by atoms with Crippen molar-refractivity contribution in [1.29, 1.82) is 0 Å². The minimum absolute atomic E-state index is 0.104. The summed E-state index contributed by atoms with van der Waals surface area (Å²) < 4.78 is 0. The minimum atomic E-state index is -0.532. The summed E-state index contributed by atoms with van der Waals surface area (Å²) in [5.41, 5.74) is 0.115. The fourth-order valence-corrected chi connectivity index (χ4v) is 2.17. The van der Waals surface area contributed by atoms with Crippen molar-refractivity contribution in [3.63, 3.8) is 0 Å². The molecule has 19 heavy (non-hydrogen) atoms. The van der Waals surface area contributed by atoms with Gasteiger partial charge < -0.3 is 10.2 Å². The zero-order valence-electron chi connectivity index (χ0n) is 10.6. The van der Waals surface area contributed by atoms with E-state index in [-0.39, 0.29) is 22.3 Å². The molecule has 1 saturated heterocycles. The van der Waals surface area contributed by atoms with E-state index in [0.717, 1.165) is 6.42 Å². The largest absolute Gasteiger partial charge is 0.322 e. The molecule has 0 bridgehead atoms. The molecule has 1 N–H and O–H groups in total. The molecule has 0 atom stereocenters. The van der Waals surface area contributed by atoms with Gasteiger partial charge in [0, 0.05) is 24.2 Å². The highest BCUT2D eigenvalue weighted by Crippen LogP contribution is 2.32. The molecule has 6 nitrogen and oxygen atoms in total. The molecule has 0 spiro atoms. The quantitative estimate of drug-likeness (QED) is 0.668. The molecule has 2 rings (SSSR count). The first-order valence-corrected chi connectivity index (χ1v) is 6.21. The van der Waals surface area contributed by atoms with Crippen LogP contribution in [0.25, 0.3) is 0 Å². The maximum absolute atomic E-state index is 12.0. The van der Waals surface area contributed by atoms with E-state index in [9.17, 15) is 14.9 Å². The lowest BCUT2D eigenvalue weighted by Gasteiger charge is -2.48. The number of nitrogens with one attached hydrogen (secondary N) is 1. The lowest BCUT2D eigenvalue weighted by atomic mass is 9.89. The fourth-order valence-electron chi connectivity index (χ4n) is 1.95. The van der Waals surface area contributed by atoms with Crippen LogP contribution in [-0.4, -0.2) is 27.9 Å². The van der Waals surface area contributed by atoms with E-state index in [1.165, 1.54) is 18.2 Å². The molecule has 7 heteroatoms. The van der Waals surface area contributed by atoms with Gasteiger partial charge in [0.1, 0.15) is 0 Å². The first-order chi connectivity index (χ1) is 8.81. The van der Waals surface area contributed by atoms with E-state index >= 15 is 0 Å². The molecular formula is C12H14ClN3O3. The number of nitro groups is 1. The van der Waals surface area contributed by atoms with Gasteiger partial charge in [0.15, 0.2) is 0 Å². The van der Waals surface area contributed by atoms with Gasteiger partial charge in [0.05, 0.1) is 15.6 Å². The van der Waals surface area contributed by atoms with Crippen molar-refractivity contribution in [3.05, 3.63) is 33.3 Å². The summed E-state index contributed by atoms with van der Waals surface area (Å²) in [6, 6.07) is 3.72. The molecule has 1 aliphatic heterocycles. The van der Waals surface area contributed by atoms with Crippen LogP contribution in [0.5, 0.6) is 0 Å². The highest BCUT2D eigenvalue weighted by Gasteiger charge is 2.39. The van der Waals surface area contributed by atoms with Gasteiger partial charge in [-0.25, -0.2) is 4.79 Å². The van der Waals surface area contributed by atoms with Gasteiger partial charge in [-0.3, -0.25) is 10.1 Å². The van der Waals surface area contributed by atoms with Crippen LogP contribution in [0.4, 0.5) is 16.2 Å². The zero-order chi connectivity index (χ0) is 14.2. The molecule has 2 amide bonds. The van der Waals surface area contributed by atoms with E-state index in [2.05, 4.69) is 5.32 Å². The number of carbonyl (C=O) groups is 1. The highest BCUT2D eigenvalue weighted by molar-refractivity contribution is 6.33. The second kappa shape index (κ2) is 4.70. The van der Waals surface area contributed by atoms with Crippen LogP contribution in [0.2, 0.25) is 5.02 Å². The Balaban J connectivity index is 2.11. The van der Waals surface area contributed by atoms with Gasteiger partial charge in [-0.1, -0.05) is 11.6 Å². The number of hydrogen-bond acceptors (Lipinski definition) is 3. The van der Waals surface area contributed by atoms with Crippen molar-refractivity contribution in [2.24, 2.45) is 0 Å². The molecule has 0 aliphatic carbocycles. The number of nitro benzene ring substituents is 1. The Bertz CT molecular complexity index is 545. The Hall–Kier alpha value is -1.82. The standard InChI is InChI=1S/C12H14ClN3O3/c1-12(2)5-6-15(12)11(17)14-10-4-3-8(16(18)19)7-9(10)13/h3-4,7H,5-6H2,1-2H3,(H,14,17). The number of likely N-dealkylation sites (tertiary alicyclic amines) is 1. The van der Waals surface area contributed by atoms with E-state index in [0.29, 0.717) is 12.2 Å². The van der Waals surface area contributed by atoms with Crippen LogP contribution < -0.4 is 5.32 Å². The number of hydrogen-bond donors (Lipinski definition) is 1. The average Bonchev–Trinajstić information content (AvgIpc) is 2.30. The second-order valence-corrected chi connectivity index (χ2v) is 5.47. The van der Waals surface area contributed by atoms with Crippen LogP contribution in [0, 0.1) is 10.1 Å². The van der Waals surface area contributed by atoms with Crippen LogP contribution in [0.1, 0.15) is 20.3 Å². The molecule has 102 valence electrons.